The van der Waals surface area contributed by atoms with Crippen molar-refractivity contribution >= 4 is 28.5 Å². The van der Waals surface area contributed by atoms with E-state index in [1.165, 1.54) is 0 Å². The second kappa shape index (κ2) is 8.63. The topological polar surface area (TPSA) is 88.9 Å². The van der Waals surface area contributed by atoms with Crippen LogP contribution < -0.4 is 10.6 Å². The van der Waals surface area contributed by atoms with Gasteiger partial charge in [-0.2, -0.15) is 5.10 Å². The Kier molecular flexibility index (Phi) is 5.73. The van der Waals surface area contributed by atoms with E-state index in [9.17, 15) is 9.59 Å². The number of aryl methyl sites for hydroxylation is 3. The molecule has 0 radical (unpaired) electrons. The van der Waals surface area contributed by atoms with E-state index in [-0.39, 0.29) is 17.9 Å². The Hall–Kier alpha value is -4.00. The molecule has 2 aromatic carbocycles. The second-order valence-electron chi connectivity index (χ2n) is 7.82. The Balaban J connectivity index is 1.62. The number of carbonyl (C=O) groups excluding carboxylic acids is 2. The molecule has 2 heterocycles. The fourth-order valence-corrected chi connectivity index (χ4v) is 3.83. The molecule has 2 aromatic heterocycles. The fourth-order valence-electron chi connectivity index (χ4n) is 3.83. The van der Waals surface area contributed by atoms with E-state index in [0.717, 1.165) is 11.3 Å². The van der Waals surface area contributed by atoms with Gasteiger partial charge in [0.05, 0.1) is 33.9 Å². The highest BCUT2D eigenvalue weighted by molar-refractivity contribution is 6.14. The van der Waals surface area contributed by atoms with Crippen molar-refractivity contribution in [2.75, 3.05) is 5.32 Å². The number of para-hydroxylation sites is 1. The summed E-state index contributed by atoms with van der Waals surface area (Å²) in [7, 11) is 1.80. The number of nitrogens with one attached hydrogen (secondary N) is 2. The van der Waals surface area contributed by atoms with Crippen LogP contribution in [0.15, 0.2) is 60.7 Å². The summed E-state index contributed by atoms with van der Waals surface area (Å²) in [6.45, 7) is 5.61. The van der Waals surface area contributed by atoms with Gasteiger partial charge in [-0.1, -0.05) is 42.5 Å². The fraction of sp³-hybridized carbons (Fsp3) is 0.200. The van der Waals surface area contributed by atoms with Gasteiger partial charge >= 0.3 is 0 Å². The molecule has 0 saturated carbocycles. The maximum Gasteiger partial charge on any atom is 0.256 e. The molecule has 0 saturated heterocycles. The van der Waals surface area contributed by atoms with Crippen LogP contribution in [-0.4, -0.2) is 26.6 Å². The zero-order valence-electron chi connectivity index (χ0n) is 18.5. The van der Waals surface area contributed by atoms with E-state index < -0.39 is 0 Å². The Bertz CT molecular complexity index is 1310. The molecule has 0 aliphatic heterocycles. The summed E-state index contributed by atoms with van der Waals surface area (Å²) >= 11 is 0. The second-order valence-corrected chi connectivity index (χ2v) is 7.82. The quantitative estimate of drug-likeness (QED) is 0.496. The molecule has 7 heteroatoms. The Morgan fingerprint density at radius 1 is 0.938 bits per heavy atom. The first-order valence-electron chi connectivity index (χ1n) is 10.4. The molecule has 1 atom stereocenters. The van der Waals surface area contributed by atoms with Crippen molar-refractivity contribution < 1.29 is 9.59 Å². The lowest BCUT2D eigenvalue weighted by Gasteiger charge is -2.16. The minimum atomic E-state index is -0.312. The molecule has 0 bridgehead atoms. The number of hydrogen-bond acceptors (Lipinski definition) is 4. The third kappa shape index (κ3) is 4.09. The summed E-state index contributed by atoms with van der Waals surface area (Å²) in [6, 6.07) is 18.3. The van der Waals surface area contributed by atoms with Gasteiger partial charge in [-0.15, -0.1) is 0 Å². The van der Waals surface area contributed by atoms with Crippen LogP contribution in [0.2, 0.25) is 0 Å². The lowest BCUT2D eigenvalue weighted by Crippen LogP contribution is -2.28. The molecule has 0 aliphatic carbocycles. The highest BCUT2D eigenvalue weighted by Crippen LogP contribution is 2.24. The number of fused-ring (bicyclic) bond motifs is 1. The molecule has 32 heavy (non-hydrogen) atoms. The zero-order chi connectivity index (χ0) is 22.8. The van der Waals surface area contributed by atoms with Gasteiger partial charge in [0, 0.05) is 12.7 Å². The average Bonchev–Trinajstić information content (AvgIpc) is 3.07. The maximum absolute atomic E-state index is 13.3. The van der Waals surface area contributed by atoms with Gasteiger partial charge in [-0.25, -0.2) is 4.98 Å². The Morgan fingerprint density at radius 3 is 2.38 bits per heavy atom. The number of rotatable bonds is 5. The monoisotopic (exact) mass is 427 g/mol. The Morgan fingerprint density at radius 2 is 1.62 bits per heavy atom. The highest BCUT2D eigenvalue weighted by Gasteiger charge is 2.20. The van der Waals surface area contributed by atoms with Gasteiger partial charge < -0.3 is 10.6 Å². The van der Waals surface area contributed by atoms with Gasteiger partial charge in [0.15, 0.2) is 5.65 Å². The van der Waals surface area contributed by atoms with Crippen LogP contribution >= 0.6 is 0 Å². The van der Waals surface area contributed by atoms with E-state index in [1.54, 1.807) is 42.1 Å². The predicted molar refractivity (Wildman–Crippen MR) is 125 cm³/mol. The highest BCUT2D eigenvalue weighted by atomic mass is 16.2. The Labute approximate surface area is 186 Å². The molecule has 4 rings (SSSR count). The summed E-state index contributed by atoms with van der Waals surface area (Å²) in [5, 5.41) is 11.0. The first-order valence-corrected chi connectivity index (χ1v) is 10.4. The van der Waals surface area contributed by atoms with Crippen LogP contribution in [0.25, 0.3) is 11.0 Å². The van der Waals surface area contributed by atoms with Crippen molar-refractivity contribution in [2.24, 2.45) is 7.05 Å². The van der Waals surface area contributed by atoms with E-state index in [0.29, 0.717) is 33.5 Å². The number of pyridine rings is 1. The first kappa shape index (κ1) is 21.2. The van der Waals surface area contributed by atoms with E-state index in [1.807, 2.05) is 51.1 Å². The van der Waals surface area contributed by atoms with Gasteiger partial charge in [0.2, 0.25) is 0 Å². The zero-order valence-corrected chi connectivity index (χ0v) is 18.5. The molecule has 7 nitrogen and oxygen atoms in total. The van der Waals surface area contributed by atoms with Crippen LogP contribution in [-0.2, 0) is 7.05 Å². The average molecular weight is 428 g/mol. The smallest absolute Gasteiger partial charge is 0.256 e. The van der Waals surface area contributed by atoms with Crippen molar-refractivity contribution in [1.82, 2.24) is 20.1 Å². The van der Waals surface area contributed by atoms with Crippen LogP contribution in [0, 0.1) is 13.8 Å². The lowest BCUT2D eigenvalue weighted by atomic mass is 10.1. The van der Waals surface area contributed by atoms with Gasteiger partial charge in [0.1, 0.15) is 0 Å². The summed E-state index contributed by atoms with van der Waals surface area (Å²) in [5.41, 5.74) is 4.41. The van der Waals surface area contributed by atoms with Crippen LogP contribution in [0.3, 0.4) is 0 Å². The number of nitrogens with zero attached hydrogens (tertiary/aromatic N) is 3. The summed E-state index contributed by atoms with van der Waals surface area (Å²) in [4.78, 5) is 30.8. The normalized spacial score (nSPS) is 11.9. The first-order chi connectivity index (χ1) is 15.3. The minimum absolute atomic E-state index is 0.173. The van der Waals surface area contributed by atoms with Gasteiger partial charge in [0.25, 0.3) is 11.8 Å². The molecular formula is C25H25N5O2. The van der Waals surface area contributed by atoms with Gasteiger partial charge in [-0.05, 0) is 44.5 Å². The van der Waals surface area contributed by atoms with Crippen molar-refractivity contribution in [3.8, 4) is 0 Å². The van der Waals surface area contributed by atoms with Crippen molar-refractivity contribution in [2.45, 2.75) is 26.8 Å². The van der Waals surface area contributed by atoms with Crippen LogP contribution in [0.1, 0.15) is 50.6 Å². The van der Waals surface area contributed by atoms with Crippen molar-refractivity contribution in [3.63, 3.8) is 0 Å². The number of amides is 2. The van der Waals surface area contributed by atoms with E-state index in [4.69, 9.17) is 0 Å². The summed E-state index contributed by atoms with van der Waals surface area (Å²) in [5.74, 6) is -0.571. The molecule has 0 spiro atoms. The number of aromatic nitrogens is 3. The van der Waals surface area contributed by atoms with Crippen molar-refractivity contribution in [3.05, 3.63) is 88.7 Å². The lowest BCUT2D eigenvalue weighted by molar-refractivity contribution is 0.0940. The van der Waals surface area contributed by atoms with Gasteiger partial charge in [-0.3, -0.25) is 14.3 Å². The number of benzene rings is 2. The standard InChI is InChI=1S/C25H25N5O2/c1-15-14-20(22-17(3)29-30(4)23(22)26-15)25(32)28-21-13-9-8-12-19(21)24(31)27-16(2)18-10-6-5-7-11-18/h5-14,16H,1-4H3,(H,27,31)(H,28,32)/t16-/m0/s1. The largest absolute Gasteiger partial charge is 0.345 e. The molecule has 2 amide bonds. The third-order valence-electron chi connectivity index (χ3n) is 5.41. The van der Waals surface area contributed by atoms with E-state index >= 15 is 0 Å². The molecule has 4 aromatic rings. The van der Waals surface area contributed by atoms with Crippen LogP contribution in [0.4, 0.5) is 5.69 Å². The molecule has 0 aliphatic rings. The van der Waals surface area contributed by atoms with Crippen molar-refractivity contribution in [1.29, 1.82) is 0 Å². The minimum Gasteiger partial charge on any atom is -0.345 e. The molecule has 162 valence electrons. The molecule has 0 unspecified atom stereocenters. The third-order valence-corrected chi connectivity index (χ3v) is 5.41. The molecular weight excluding hydrogens is 402 g/mol. The SMILES string of the molecule is Cc1cc(C(=O)Nc2ccccc2C(=O)N[C@@H](C)c2ccccc2)c2c(C)nn(C)c2n1. The van der Waals surface area contributed by atoms with Crippen LogP contribution in [0.5, 0.6) is 0 Å². The number of carbonyl (C=O) groups is 2. The maximum atomic E-state index is 13.3. The summed E-state index contributed by atoms with van der Waals surface area (Å²) in [6.07, 6.45) is 0. The number of anilines is 1. The summed E-state index contributed by atoms with van der Waals surface area (Å²) < 4.78 is 1.67. The van der Waals surface area contributed by atoms with E-state index in [2.05, 4.69) is 20.7 Å². The predicted octanol–water partition coefficient (Wildman–Crippen LogP) is 4.33. The molecule has 0 fully saturated rings. The molecule has 2 N–H and O–H groups in total. The number of hydrogen-bond donors (Lipinski definition) is 2.